The van der Waals surface area contributed by atoms with E-state index in [1.165, 1.54) is 18.6 Å². The van der Waals surface area contributed by atoms with Gasteiger partial charge in [0.05, 0.1) is 0 Å². The van der Waals surface area contributed by atoms with Crippen molar-refractivity contribution >= 4 is 29.0 Å². The van der Waals surface area contributed by atoms with Crippen molar-refractivity contribution in [3.8, 4) is 0 Å². The van der Waals surface area contributed by atoms with Gasteiger partial charge in [-0.15, -0.1) is 0 Å². The fourth-order valence-corrected chi connectivity index (χ4v) is 2.05. The maximum absolute atomic E-state index is 11.5. The molecule has 0 aliphatic carbocycles. The van der Waals surface area contributed by atoms with Gasteiger partial charge in [-0.25, -0.2) is 0 Å². The highest BCUT2D eigenvalue weighted by molar-refractivity contribution is 7.98. The van der Waals surface area contributed by atoms with Crippen LogP contribution < -0.4 is 10.6 Å². The fourth-order valence-electron chi connectivity index (χ4n) is 1.56. The van der Waals surface area contributed by atoms with Gasteiger partial charge in [0.2, 0.25) is 5.91 Å². The van der Waals surface area contributed by atoms with Crippen LogP contribution in [0.15, 0.2) is 24.3 Å². The molecule has 0 aliphatic rings. The van der Waals surface area contributed by atoms with E-state index in [2.05, 4.69) is 16.9 Å². The maximum Gasteiger partial charge on any atom is 0.226 e. The molecule has 0 aromatic heterocycles. The van der Waals surface area contributed by atoms with Crippen LogP contribution in [0.2, 0.25) is 0 Å². The van der Waals surface area contributed by atoms with Crippen LogP contribution in [0.5, 0.6) is 0 Å². The van der Waals surface area contributed by atoms with Gasteiger partial charge in [0.1, 0.15) is 0 Å². The number of benzene rings is 1. The predicted octanol–water partition coefficient (Wildman–Crippen LogP) is 3.84. The number of amides is 1. The van der Waals surface area contributed by atoms with E-state index in [0.29, 0.717) is 0 Å². The van der Waals surface area contributed by atoms with Crippen molar-refractivity contribution in [1.82, 2.24) is 0 Å². The largest absolute Gasteiger partial charge is 0.385 e. The highest BCUT2D eigenvalue weighted by atomic mass is 32.2. The second-order valence-electron chi connectivity index (χ2n) is 4.85. The summed E-state index contributed by atoms with van der Waals surface area (Å²) in [4.78, 5) is 11.5. The van der Waals surface area contributed by atoms with Gasteiger partial charge in [-0.1, -0.05) is 13.8 Å². The molecule has 0 atom stereocenters. The van der Waals surface area contributed by atoms with Gasteiger partial charge < -0.3 is 10.6 Å². The first-order valence-electron chi connectivity index (χ1n) is 6.77. The van der Waals surface area contributed by atoms with Crippen LogP contribution in [-0.4, -0.2) is 24.5 Å². The molecular formula is C15H24N2OS. The first kappa shape index (κ1) is 15.9. The van der Waals surface area contributed by atoms with Crippen molar-refractivity contribution in [2.45, 2.75) is 26.7 Å². The Bertz CT molecular complexity index is 376. The summed E-state index contributed by atoms with van der Waals surface area (Å²) in [6, 6.07) is 7.88. The SMILES string of the molecule is CSCCCCNc1ccc(NC(=O)C(C)C)cc1. The Kier molecular flexibility index (Phi) is 7.41. The van der Waals surface area contributed by atoms with Gasteiger partial charge >= 0.3 is 0 Å². The first-order chi connectivity index (χ1) is 9.13. The lowest BCUT2D eigenvalue weighted by molar-refractivity contribution is -0.118. The predicted molar refractivity (Wildman–Crippen MR) is 86.0 cm³/mol. The lowest BCUT2D eigenvalue weighted by atomic mass is 10.2. The van der Waals surface area contributed by atoms with E-state index in [-0.39, 0.29) is 11.8 Å². The van der Waals surface area contributed by atoms with Gasteiger partial charge in [0.25, 0.3) is 0 Å². The van der Waals surface area contributed by atoms with Crippen molar-refractivity contribution in [3.05, 3.63) is 24.3 Å². The van der Waals surface area contributed by atoms with Crippen molar-refractivity contribution < 1.29 is 4.79 Å². The Morgan fingerprint density at radius 2 is 1.79 bits per heavy atom. The molecule has 1 aromatic carbocycles. The van der Waals surface area contributed by atoms with E-state index in [0.717, 1.165) is 17.9 Å². The normalized spacial score (nSPS) is 10.5. The van der Waals surface area contributed by atoms with Gasteiger partial charge in [0.15, 0.2) is 0 Å². The number of hydrogen-bond acceptors (Lipinski definition) is 3. The average Bonchev–Trinajstić information content (AvgIpc) is 2.40. The third kappa shape index (κ3) is 6.53. The number of anilines is 2. The Morgan fingerprint density at radius 3 is 2.37 bits per heavy atom. The highest BCUT2D eigenvalue weighted by Gasteiger charge is 2.06. The van der Waals surface area contributed by atoms with E-state index < -0.39 is 0 Å². The van der Waals surface area contributed by atoms with E-state index in [4.69, 9.17) is 0 Å². The molecule has 0 spiro atoms. The summed E-state index contributed by atoms with van der Waals surface area (Å²) < 4.78 is 0. The van der Waals surface area contributed by atoms with Crippen LogP contribution >= 0.6 is 11.8 Å². The number of nitrogens with one attached hydrogen (secondary N) is 2. The van der Waals surface area contributed by atoms with Gasteiger partial charge in [-0.3, -0.25) is 4.79 Å². The standard InChI is InChI=1S/C15H24N2OS/c1-12(2)15(18)17-14-8-6-13(7-9-14)16-10-4-5-11-19-3/h6-9,12,16H,4-5,10-11H2,1-3H3,(H,17,18). The molecule has 0 unspecified atom stereocenters. The summed E-state index contributed by atoms with van der Waals surface area (Å²) in [6.45, 7) is 4.78. The second-order valence-corrected chi connectivity index (χ2v) is 5.83. The molecule has 0 saturated carbocycles. The molecule has 0 aliphatic heterocycles. The Morgan fingerprint density at radius 1 is 1.16 bits per heavy atom. The van der Waals surface area contributed by atoms with Crippen molar-refractivity contribution in [3.63, 3.8) is 0 Å². The third-order valence-electron chi connectivity index (χ3n) is 2.78. The van der Waals surface area contributed by atoms with Crippen LogP contribution in [0.25, 0.3) is 0 Å². The van der Waals surface area contributed by atoms with Gasteiger partial charge in [0, 0.05) is 23.8 Å². The smallest absolute Gasteiger partial charge is 0.226 e. The number of carbonyl (C=O) groups excluding carboxylic acids is 1. The Hall–Kier alpha value is -1.16. The summed E-state index contributed by atoms with van der Waals surface area (Å²) in [5.41, 5.74) is 1.96. The van der Waals surface area contributed by atoms with Crippen LogP contribution in [-0.2, 0) is 4.79 Å². The van der Waals surface area contributed by atoms with Crippen molar-refractivity contribution in [2.75, 3.05) is 29.2 Å². The molecule has 0 heterocycles. The van der Waals surface area contributed by atoms with Crippen LogP contribution in [0, 0.1) is 5.92 Å². The van der Waals surface area contributed by atoms with E-state index in [1.54, 1.807) is 0 Å². The van der Waals surface area contributed by atoms with Gasteiger partial charge in [-0.05, 0) is 49.1 Å². The molecule has 0 bridgehead atoms. The van der Waals surface area contributed by atoms with E-state index in [9.17, 15) is 4.79 Å². The molecule has 19 heavy (non-hydrogen) atoms. The summed E-state index contributed by atoms with van der Waals surface area (Å²) in [7, 11) is 0. The van der Waals surface area contributed by atoms with Crippen LogP contribution in [0.1, 0.15) is 26.7 Å². The topological polar surface area (TPSA) is 41.1 Å². The molecule has 1 amide bonds. The quantitative estimate of drug-likeness (QED) is 0.711. The summed E-state index contributed by atoms with van der Waals surface area (Å²) in [5, 5.41) is 6.27. The monoisotopic (exact) mass is 280 g/mol. The summed E-state index contributed by atoms with van der Waals surface area (Å²) in [6.07, 6.45) is 4.57. The molecule has 106 valence electrons. The van der Waals surface area contributed by atoms with Crippen molar-refractivity contribution in [2.24, 2.45) is 5.92 Å². The number of carbonyl (C=O) groups is 1. The number of hydrogen-bond donors (Lipinski definition) is 2. The molecule has 0 radical (unpaired) electrons. The molecule has 4 heteroatoms. The minimum atomic E-state index is 0.00855. The zero-order valence-electron chi connectivity index (χ0n) is 12.0. The molecule has 2 N–H and O–H groups in total. The van der Waals surface area contributed by atoms with Crippen molar-refractivity contribution in [1.29, 1.82) is 0 Å². The minimum Gasteiger partial charge on any atom is -0.385 e. The minimum absolute atomic E-state index is 0.00855. The van der Waals surface area contributed by atoms with Crippen LogP contribution in [0.3, 0.4) is 0 Å². The zero-order valence-corrected chi connectivity index (χ0v) is 12.8. The van der Waals surface area contributed by atoms with E-state index in [1.807, 2.05) is 49.9 Å². The molecule has 1 rings (SSSR count). The Balaban J connectivity index is 2.33. The maximum atomic E-state index is 11.5. The molecular weight excluding hydrogens is 256 g/mol. The molecule has 0 saturated heterocycles. The fraction of sp³-hybridized carbons (Fsp3) is 0.533. The number of unbranched alkanes of at least 4 members (excludes halogenated alkanes) is 1. The lowest BCUT2D eigenvalue weighted by Crippen LogP contribution is -2.17. The lowest BCUT2D eigenvalue weighted by Gasteiger charge is -2.09. The second kappa shape index (κ2) is 8.86. The zero-order chi connectivity index (χ0) is 14.1. The molecule has 3 nitrogen and oxygen atoms in total. The molecule has 0 fully saturated rings. The average molecular weight is 280 g/mol. The number of rotatable bonds is 8. The Labute approximate surface area is 120 Å². The van der Waals surface area contributed by atoms with Gasteiger partial charge in [-0.2, -0.15) is 11.8 Å². The first-order valence-corrected chi connectivity index (χ1v) is 8.16. The molecule has 1 aromatic rings. The van der Waals surface area contributed by atoms with Crippen LogP contribution in [0.4, 0.5) is 11.4 Å². The summed E-state index contributed by atoms with van der Waals surface area (Å²) >= 11 is 1.89. The van der Waals surface area contributed by atoms with E-state index >= 15 is 0 Å². The number of thioether (sulfide) groups is 1. The third-order valence-corrected chi connectivity index (χ3v) is 3.48. The highest BCUT2D eigenvalue weighted by Crippen LogP contribution is 2.14. The summed E-state index contributed by atoms with van der Waals surface area (Å²) in [5.74, 6) is 1.29.